The van der Waals surface area contributed by atoms with Crippen molar-refractivity contribution in [1.82, 2.24) is 10.2 Å². The molecule has 32 heavy (non-hydrogen) atoms. The van der Waals surface area contributed by atoms with Crippen molar-refractivity contribution in [3.63, 3.8) is 0 Å². The number of amides is 2. The van der Waals surface area contributed by atoms with Gasteiger partial charge in [0.05, 0.1) is 11.9 Å². The lowest BCUT2D eigenvalue weighted by Crippen LogP contribution is -2.51. The summed E-state index contributed by atoms with van der Waals surface area (Å²) in [6, 6.07) is 12.1. The van der Waals surface area contributed by atoms with Crippen LogP contribution in [0.3, 0.4) is 0 Å². The average Bonchev–Trinajstić information content (AvgIpc) is 2.70. The highest BCUT2D eigenvalue weighted by Crippen LogP contribution is 2.27. The van der Waals surface area contributed by atoms with Gasteiger partial charge in [0.15, 0.2) is 0 Å². The number of nitrogens with one attached hydrogen (secondary N) is 1. The Balaban J connectivity index is 2.45. The first kappa shape index (κ1) is 25.9. The molecular formula is C23H30BrN3O4S. The molecule has 0 saturated carbocycles. The number of para-hydroxylation sites is 1. The van der Waals surface area contributed by atoms with Crippen molar-refractivity contribution in [2.75, 3.05) is 23.7 Å². The van der Waals surface area contributed by atoms with Crippen LogP contribution in [0.5, 0.6) is 0 Å². The molecule has 0 fully saturated rings. The second kappa shape index (κ2) is 11.0. The lowest BCUT2D eigenvalue weighted by molar-refractivity contribution is -0.139. The molecule has 0 aliphatic heterocycles. The van der Waals surface area contributed by atoms with Crippen molar-refractivity contribution in [2.24, 2.45) is 0 Å². The number of sulfonamides is 1. The lowest BCUT2D eigenvalue weighted by atomic mass is 10.1. The van der Waals surface area contributed by atoms with Gasteiger partial charge in [-0.15, -0.1) is 0 Å². The van der Waals surface area contributed by atoms with Crippen LogP contribution in [0.1, 0.15) is 30.5 Å². The van der Waals surface area contributed by atoms with Gasteiger partial charge >= 0.3 is 0 Å². The number of aryl methyl sites for hydroxylation is 2. The normalized spacial score (nSPS) is 12.2. The van der Waals surface area contributed by atoms with Gasteiger partial charge in [0.2, 0.25) is 21.8 Å². The smallest absolute Gasteiger partial charge is 0.244 e. The van der Waals surface area contributed by atoms with E-state index in [9.17, 15) is 18.0 Å². The molecule has 2 amide bonds. The zero-order chi connectivity index (χ0) is 24.1. The fraction of sp³-hybridized carbons (Fsp3) is 0.391. The zero-order valence-corrected chi connectivity index (χ0v) is 21.5. The number of benzene rings is 2. The van der Waals surface area contributed by atoms with Crippen molar-refractivity contribution in [1.29, 1.82) is 0 Å². The molecule has 0 bridgehead atoms. The quantitative estimate of drug-likeness (QED) is 0.545. The minimum absolute atomic E-state index is 0.168. The molecule has 0 heterocycles. The van der Waals surface area contributed by atoms with Crippen LogP contribution >= 0.6 is 15.9 Å². The van der Waals surface area contributed by atoms with E-state index in [0.29, 0.717) is 12.2 Å². The zero-order valence-electron chi connectivity index (χ0n) is 19.1. The number of rotatable bonds is 9. The van der Waals surface area contributed by atoms with E-state index >= 15 is 0 Å². The molecule has 0 aromatic heterocycles. The van der Waals surface area contributed by atoms with E-state index in [2.05, 4.69) is 21.2 Å². The van der Waals surface area contributed by atoms with E-state index in [1.165, 1.54) is 4.90 Å². The molecule has 0 spiro atoms. The minimum atomic E-state index is -3.75. The van der Waals surface area contributed by atoms with Gasteiger partial charge in [0, 0.05) is 17.6 Å². The molecule has 7 nitrogen and oxygen atoms in total. The minimum Gasteiger partial charge on any atom is -0.355 e. The third kappa shape index (κ3) is 6.56. The van der Waals surface area contributed by atoms with Crippen LogP contribution in [0.25, 0.3) is 0 Å². The number of hydrogen-bond acceptors (Lipinski definition) is 4. The Morgan fingerprint density at radius 1 is 1.09 bits per heavy atom. The van der Waals surface area contributed by atoms with Gasteiger partial charge in [-0.2, -0.15) is 0 Å². The van der Waals surface area contributed by atoms with Gasteiger partial charge in [-0.25, -0.2) is 8.42 Å². The van der Waals surface area contributed by atoms with Crippen LogP contribution in [-0.2, 0) is 26.2 Å². The maximum atomic E-state index is 13.5. The number of hydrogen-bond donors (Lipinski definition) is 1. The van der Waals surface area contributed by atoms with Crippen molar-refractivity contribution < 1.29 is 18.0 Å². The second-order valence-corrected chi connectivity index (χ2v) is 10.6. The van der Waals surface area contributed by atoms with Crippen molar-refractivity contribution in [3.8, 4) is 0 Å². The number of carbonyl (C=O) groups is 2. The highest BCUT2D eigenvalue weighted by Gasteiger charge is 2.30. The summed E-state index contributed by atoms with van der Waals surface area (Å²) in [5.74, 6) is -0.759. The number of likely N-dealkylation sites (N-methyl/N-ethyl adjacent to an activating group) is 1. The third-order valence-electron chi connectivity index (χ3n) is 5.13. The monoisotopic (exact) mass is 523 g/mol. The molecule has 2 rings (SSSR count). The molecule has 0 saturated heterocycles. The molecule has 0 radical (unpaired) electrons. The molecule has 174 valence electrons. The molecule has 1 atom stereocenters. The Labute approximate surface area is 199 Å². The van der Waals surface area contributed by atoms with E-state index in [1.807, 2.05) is 56.3 Å². The van der Waals surface area contributed by atoms with E-state index in [4.69, 9.17) is 0 Å². The van der Waals surface area contributed by atoms with E-state index in [0.717, 1.165) is 31.7 Å². The molecule has 9 heteroatoms. The van der Waals surface area contributed by atoms with Crippen LogP contribution in [0.2, 0.25) is 0 Å². The molecule has 1 N–H and O–H groups in total. The van der Waals surface area contributed by atoms with Crippen LogP contribution in [0, 0.1) is 13.8 Å². The van der Waals surface area contributed by atoms with Crippen LogP contribution < -0.4 is 9.62 Å². The van der Waals surface area contributed by atoms with E-state index in [-0.39, 0.29) is 12.5 Å². The Kier molecular flexibility index (Phi) is 8.86. The van der Waals surface area contributed by atoms with Gasteiger partial charge < -0.3 is 10.2 Å². The van der Waals surface area contributed by atoms with Crippen molar-refractivity contribution >= 4 is 43.5 Å². The van der Waals surface area contributed by atoms with Gasteiger partial charge in [-0.3, -0.25) is 13.9 Å². The fourth-order valence-electron chi connectivity index (χ4n) is 3.51. The molecule has 0 aliphatic rings. The number of nitrogens with zero attached hydrogens (tertiary/aromatic N) is 2. The Hall–Kier alpha value is -2.39. The lowest BCUT2D eigenvalue weighted by Gasteiger charge is -2.32. The predicted molar refractivity (Wildman–Crippen MR) is 131 cm³/mol. The first-order chi connectivity index (χ1) is 15.0. The summed E-state index contributed by atoms with van der Waals surface area (Å²) < 4.78 is 27.3. The number of carbonyl (C=O) groups excluding carboxylic acids is 2. The summed E-state index contributed by atoms with van der Waals surface area (Å²) in [6.45, 7) is 7.26. The van der Waals surface area contributed by atoms with Crippen LogP contribution in [0.15, 0.2) is 46.9 Å². The Morgan fingerprint density at radius 3 is 2.22 bits per heavy atom. The van der Waals surface area contributed by atoms with Crippen molar-refractivity contribution in [3.05, 3.63) is 63.6 Å². The number of halogens is 1. The topological polar surface area (TPSA) is 86.8 Å². The fourth-order valence-corrected chi connectivity index (χ4v) is 4.92. The summed E-state index contributed by atoms with van der Waals surface area (Å²) in [5, 5.41) is 2.74. The van der Waals surface area contributed by atoms with Gasteiger partial charge in [0.1, 0.15) is 12.6 Å². The van der Waals surface area contributed by atoms with Gasteiger partial charge in [-0.05, 0) is 56.5 Å². The standard InChI is InChI=1S/C23H30BrN3O4S/c1-6-25-23(29)18(4)26(14-19-11-8-12-20(24)13-19)21(28)15-27(32(5,30)31)22-16(2)9-7-10-17(22)3/h7-13,18H,6,14-15H2,1-5H3,(H,25,29). The summed E-state index contributed by atoms with van der Waals surface area (Å²) in [7, 11) is -3.75. The Bertz CT molecular complexity index is 1070. The summed E-state index contributed by atoms with van der Waals surface area (Å²) in [6.07, 6.45) is 1.08. The maximum absolute atomic E-state index is 13.5. The number of anilines is 1. The predicted octanol–water partition coefficient (Wildman–Crippen LogP) is 3.39. The molecule has 0 aliphatic carbocycles. The molecular weight excluding hydrogens is 494 g/mol. The largest absolute Gasteiger partial charge is 0.355 e. The summed E-state index contributed by atoms with van der Waals surface area (Å²) in [5.41, 5.74) is 2.80. The van der Waals surface area contributed by atoms with Gasteiger partial charge in [-0.1, -0.05) is 46.3 Å². The molecule has 2 aromatic carbocycles. The SMILES string of the molecule is CCNC(=O)C(C)N(Cc1cccc(Br)c1)C(=O)CN(c1c(C)cccc1C)S(C)(=O)=O. The average molecular weight is 524 g/mol. The van der Waals surface area contributed by atoms with E-state index in [1.54, 1.807) is 13.8 Å². The highest BCUT2D eigenvalue weighted by molar-refractivity contribution is 9.10. The first-order valence-electron chi connectivity index (χ1n) is 10.3. The Morgan fingerprint density at radius 2 is 1.69 bits per heavy atom. The summed E-state index contributed by atoms with van der Waals surface area (Å²) in [4.78, 5) is 27.4. The first-order valence-corrected chi connectivity index (χ1v) is 12.9. The van der Waals surface area contributed by atoms with Crippen molar-refractivity contribution in [2.45, 2.75) is 40.3 Å². The maximum Gasteiger partial charge on any atom is 0.244 e. The third-order valence-corrected chi connectivity index (χ3v) is 6.73. The highest BCUT2D eigenvalue weighted by atomic mass is 79.9. The van der Waals surface area contributed by atoms with Gasteiger partial charge in [0.25, 0.3) is 0 Å². The molecule has 1 unspecified atom stereocenters. The van der Waals surface area contributed by atoms with E-state index < -0.39 is 28.5 Å². The van der Waals surface area contributed by atoms with Crippen LogP contribution in [0.4, 0.5) is 5.69 Å². The summed E-state index contributed by atoms with van der Waals surface area (Å²) >= 11 is 3.42. The molecule has 2 aromatic rings. The van der Waals surface area contributed by atoms with Crippen LogP contribution in [-0.4, -0.2) is 50.5 Å². The second-order valence-electron chi connectivity index (χ2n) is 7.73.